The van der Waals surface area contributed by atoms with Crippen LogP contribution in [0.5, 0.6) is 0 Å². The molecule has 0 rings (SSSR count). The Morgan fingerprint density at radius 1 is 1.00 bits per heavy atom. The van der Waals surface area contributed by atoms with E-state index in [2.05, 4.69) is 6.92 Å². The van der Waals surface area contributed by atoms with Gasteiger partial charge in [-0.1, -0.05) is 0 Å². The molecular weight excluding hydrogens is 261 g/mol. The van der Waals surface area contributed by atoms with Gasteiger partial charge in [-0.05, 0) is 0 Å². The van der Waals surface area contributed by atoms with E-state index in [1.807, 2.05) is 0 Å². The van der Waals surface area contributed by atoms with Gasteiger partial charge < -0.3 is 0 Å². The molecule has 0 amide bonds. The molecule has 0 bridgehead atoms. The molecule has 72 valence electrons. The van der Waals surface area contributed by atoms with Crippen LogP contribution >= 0.6 is 0 Å². The first kappa shape index (κ1) is 12.7. The van der Waals surface area contributed by atoms with E-state index in [0.29, 0.717) is 0 Å². The normalized spacial score (nSPS) is 13.2. The molecule has 0 N–H and O–H groups in total. The predicted octanol–water partition coefficient (Wildman–Crippen LogP) is 3.59. The Morgan fingerprint density at radius 2 is 1.50 bits per heavy atom. The van der Waals surface area contributed by atoms with Crippen LogP contribution in [0.15, 0.2) is 0 Å². The SMILES string of the molecule is CCCCCCCCC[CH](F)[Sb]. The first-order valence-electron chi connectivity index (χ1n) is 5.09. The molecule has 0 heterocycles. The van der Waals surface area contributed by atoms with Crippen molar-refractivity contribution in [3.8, 4) is 0 Å². The van der Waals surface area contributed by atoms with E-state index in [4.69, 9.17) is 0 Å². The Hall–Kier alpha value is 0.748. The van der Waals surface area contributed by atoms with Crippen LogP contribution in [0, 0.1) is 0 Å². The molecule has 1 atom stereocenters. The average Bonchev–Trinajstić information content (AvgIpc) is 2.02. The van der Waals surface area contributed by atoms with Gasteiger partial charge in [0.15, 0.2) is 0 Å². The second-order valence-corrected chi connectivity index (χ2v) is 4.94. The minimum absolute atomic E-state index is 0.547. The molecule has 0 fully saturated rings. The van der Waals surface area contributed by atoms with E-state index in [9.17, 15) is 4.39 Å². The van der Waals surface area contributed by atoms with E-state index in [0.717, 1.165) is 12.8 Å². The molecule has 0 aromatic carbocycles. The van der Waals surface area contributed by atoms with Crippen molar-refractivity contribution in [2.45, 2.75) is 62.4 Å². The van der Waals surface area contributed by atoms with Gasteiger partial charge in [-0.25, -0.2) is 0 Å². The zero-order chi connectivity index (χ0) is 9.23. The molecule has 12 heavy (non-hydrogen) atoms. The molecular formula is C10H20FSb. The summed E-state index contributed by atoms with van der Waals surface area (Å²) in [6, 6.07) is 0. The quantitative estimate of drug-likeness (QED) is 0.471. The van der Waals surface area contributed by atoms with Crippen LogP contribution in [0.3, 0.4) is 0 Å². The Bertz CT molecular complexity index is 83.9. The second-order valence-electron chi connectivity index (χ2n) is 3.34. The number of halogens is 1. The number of hydrogen-bond acceptors (Lipinski definition) is 0. The summed E-state index contributed by atoms with van der Waals surface area (Å²) < 4.78 is 11.8. The van der Waals surface area contributed by atoms with Gasteiger partial charge in [-0.3, -0.25) is 0 Å². The summed E-state index contributed by atoms with van der Waals surface area (Å²) in [7, 11) is 0. The predicted molar refractivity (Wildman–Crippen MR) is 53.3 cm³/mol. The van der Waals surface area contributed by atoms with Gasteiger partial charge in [0.05, 0.1) is 0 Å². The molecule has 0 spiro atoms. The van der Waals surface area contributed by atoms with Crippen molar-refractivity contribution in [3.63, 3.8) is 0 Å². The van der Waals surface area contributed by atoms with E-state index in [1.54, 1.807) is 0 Å². The van der Waals surface area contributed by atoms with Crippen LogP contribution in [0.2, 0.25) is 0 Å². The molecule has 0 nitrogen and oxygen atoms in total. The number of unbranched alkanes of at least 4 members (excludes halogenated alkanes) is 6. The molecule has 0 aromatic heterocycles. The third-order valence-electron chi connectivity index (χ3n) is 2.05. The Morgan fingerprint density at radius 3 is 2.00 bits per heavy atom. The summed E-state index contributed by atoms with van der Waals surface area (Å²) in [5.41, 5.74) is 0. The van der Waals surface area contributed by atoms with E-state index in [1.165, 1.54) is 61.5 Å². The fourth-order valence-corrected chi connectivity index (χ4v) is 1.79. The first-order chi connectivity index (χ1) is 5.77. The Kier molecular flexibility index (Phi) is 10.4. The van der Waals surface area contributed by atoms with Crippen molar-refractivity contribution in [2.75, 3.05) is 0 Å². The van der Waals surface area contributed by atoms with Gasteiger partial charge in [0.2, 0.25) is 0 Å². The molecule has 0 aliphatic carbocycles. The fourth-order valence-electron chi connectivity index (χ4n) is 1.27. The van der Waals surface area contributed by atoms with Crippen molar-refractivity contribution in [3.05, 3.63) is 0 Å². The van der Waals surface area contributed by atoms with Gasteiger partial charge in [0, 0.05) is 0 Å². The minimum atomic E-state index is -0.547. The second kappa shape index (κ2) is 9.83. The van der Waals surface area contributed by atoms with Gasteiger partial charge in [-0.15, -0.1) is 0 Å². The van der Waals surface area contributed by atoms with Crippen LogP contribution in [0.1, 0.15) is 58.3 Å². The fraction of sp³-hybridized carbons (Fsp3) is 1.00. The summed E-state index contributed by atoms with van der Waals surface area (Å²) in [6.45, 7) is 2.23. The van der Waals surface area contributed by atoms with Crippen molar-refractivity contribution in [1.29, 1.82) is 0 Å². The Balaban J connectivity index is 2.82. The topological polar surface area (TPSA) is 0 Å². The number of hydrogen-bond donors (Lipinski definition) is 0. The van der Waals surface area contributed by atoms with Crippen LogP contribution in [0.4, 0.5) is 4.39 Å². The van der Waals surface area contributed by atoms with Crippen molar-refractivity contribution < 1.29 is 4.39 Å². The van der Waals surface area contributed by atoms with Gasteiger partial charge in [0.1, 0.15) is 0 Å². The number of alkyl halides is 1. The first-order valence-corrected chi connectivity index (χ1v) is 6.57. The third kappa shape index (κ3) is 10.7. The van der Waals surface area contributed by atoms with Crippen LogP contribution in [0.25, 0.3) is 0 Å². The summed E-state index contributed by atoms with van der Waals surface area (Å²) in [4.78, 5) is 0. The maximum atomic E-state index is 12.4. The molecule has 0 saturated carbocycles. The summed E-state index contributed by atoms with van der Waals surface area (Å²) in [5, 5.41) is 0. The van der Waals surface area contributed by atoms with Gasteiger partial charge >= 0.3 is 89.8 Å². The van der Waals surface area contributed by atoms with Crippen LogP contribution in [-0.4, -0.2) is 27.1 Å². The third-order valence-corrected chi connectivity index (χ3v) is 2.78. The Labute approximate surface area is 89.8 Å². The van der Waals surface area contributed by atoms with Crippen molar-refractivity contribution >= 4 is 23.0 Å². The zero-order valence-corrected chi connectivity index (χ0v) is 10.6. The van der Waals surface area contributed by atoms with E-state index < -0.39 is 4.12 Å². The van der Waals surface area contributed by atoms with Crippen LogP contribution < -0.4 is 0 Å². The summed E-state index contributed by atoms with van der Waals surface area (Å²) in [5.74, 6) is 0. The average molecular weight is 281 g/mol. The summed E-state index contributed by atoms with van der Waals surface area (Å²) in [6.07, 6.45) is 9.78. The van der Waals surface area contributed by atoms with Crippen molar-refractivity contribution in [1.82, 2.24) is 0 Å². The van der Waals surface area contributed by atoms with Crippen LogP contribution in [-0.2, 0) is 0 Å². The zero-order valence-electron chi connectivity index (χ0n) is 8.06. The molecule has 0 aliphatic heterocycles. The number of rotatable bonds is 8. The van der Waals surface area contributed by atoms with E-state index in [-0.39, 0.29) is 0 Å². The van der Waals surface area contributed by atoms with Gasteiger partial charge in [-0.2, -0.15) is 0 Å². The van der Waals surface area contributed by atoms with Crippen molar-refractivity contribution in [2.24, 2.45) is 0 Å². The molecule has 1 unspecified atom stereocenters. The molecule has 0 aromatic rings. The maximum absolute atomic E-state index is 12.4. The summed E-state index contributed by atoms with van der Waals surface area (Å²) >= 11 is 1.32. The standard InChI is InChI=1S/C10H20F.Sb/c1-2-3-4-5-6-7-8-9-10-11;/h10H,2-9H2,1H3;. The van der Waals surface area contributed by atoms with E-state index >= 15 is 0 Å². The molecule has 0 saturated heterocycles. The molecule has 2 heteroatoms. The monoisotopic (exact) mass is 280 g/mol. The molecule has 2 radical (unpaired) electrons. The van der Waals surface area contributed by atoms with Gasteiger partial charge in [0.25, 0.3) is 0 Å². The molecule has 0 aliphatic rings.